The summed E-state index contributed by atoms with van der Waals surface area (Å²) >= 11 is 0. The number of aromatic nitrogens is 3. The Morgan fingerprint density at radius 1 is 0.328 bits per heavy atom. The van der Waals surface area contributed by atoms with E-state index < -0.39 is 0 Å². The van der Waals surface area contributed by atoms with Gasteiger partial charge in [0.15, 0.2) is 0 Å². The van der Waals surface area contributed by atoms with E-state index in [4.69, 9.17) is 30.6 Å². The van der Waals surface area contributed by atoms with Gasteiger partial charge in [0, 0.05) is 18.6 Å². The van der Waals surface area contributed by atoms with Crippen molar-refractivity contribution < 1.29 is 91.0 Å². The van der Waals surface area contributed by atoms with Gasteiger partial charge in [-0.1, -0.05) is 125 Å². The molecule has 6 aliphatic rings. The van der Waals surface area contributed by atoms with Gasteiger partial charge in [-0.3, -0.25) is 0 Å². The number of aliphatic hydroxyl groups excluding tert-OH is 6. The first-order valence-corrected chi connectivity index (χ1v) is 47.9. The van der Waals surface area contributed by atoms with E-state index in [0.29, 0.717) is 30.6 Å². The van der Waals surface area contributed by atoms with Crippen LogP contribution in [0.25, 0.3) is 77.2 Å². The normalized spacial score (nSPS) is 16.3. The summed E-state index contributed by atoms with van der Waals surface area (Å²) in [5.74, 6) is 2.18. The number of fused-ring (bicyclic) bond motifs is 3. The molecule has 3 saturated carbocycles. The van der Waals surface area contributed by atoms with Gasteiger partial charge in [-0.25, -0.2) is 0 Å². The first-order chi connectivity index (χ1) is 64.6. The molecule has 6 atom stereocenters. The Balaban J connectivity index is 0.000000196. The zero-order valence-corrected chi connectivity index (χ0v) is 89.4. The Labute approximate surface area is 859 Å². The van der Waals surface area contributed by atoms with Crippen LogP contribution in [0.1, 0.15) is 220 Å². The van der Waals surface area contributed by atoms with Gasteiger partial charge in [-0.05, 0) is 314 Å². The summed E-state index contributed by atoms with van der Waals surface area (Å²) in [5.41, 5.74) is 20.7. The monoisotopic (exact) mass is 2370 g/mol. The quantitative estimate of drug-likeness (QED) is 0.0503. The molecule has 13 aromatic rings. The van der Waals surface area contributed by atoms with E-state index in [1.165, 1.54) is 167 Å². The molecule has 0 bridgehead atoms. The molecule has 19 rings (SSSR count). The van der Waals surface area contributed by atoms with Gasteiger partial charge in [0.05, 0.1) is 36.6 Å². The molecule has 724 valence electrons. The maximum atomic E-state index is 8.56. The minimum atomic E-state index is -0.375. The van der Waals surface area contributed by atoms with E-state index in [9.17, 15) is 0 Å². The topological polar surface area (TPSA) is 179 Å². The van der Waals surface area contributed by atoms with Gasteiger partial charge >= 0.3 is 60.3 Å². The van der Waals surface area contributed by atoms with E-state index in [-0.39, 0.29) is 96.9 Å². The average molecular weight is 2370 g/mol. The zero-order chi connectivity index (χ0) is 95.5. The van der Waals surface area contributed by atoms with Gasteiger partial charge in [0.2, 0.25) is 0 Å². The number of allylic oxidation sites excluding steroid dienone is 3. The molecular weight excluding hydrogens is 2230 g/mol. The van der Waals surface area contributed by atoms with Crippen LogP contribution in [-0.4, -0.2) is 118 Å². The molecule has 6 unspecified atom stereocenters. The number of benzene rings is 10. The van der Waals surface area contributed by atoms with Crippen LogP contribution in [0.4, 0.5) is 17.1 Å². The second-order valence-electron chi connectivity index (χ2n) is 37.2. The van der Waals surface area contributed by atoms with Gasteiger partial charge in [0.25, 0.3) is 0 Å². The van der Waals surface area contributed by atoms with Crippen molar-refractivity contribution in [3.63, 3.8) is 0 Å². The van der Waals surface area contributed by atoms with Crippen LogP contribution in [0.3, 0.4) is 0 Å². The summed E-state index contributed by atoms with van der Waals surface area (Å²) in [6.07, 6.45) is 30.0. The van der Waals surface area contributed by atoms with Crippen LogP contribution in [0.5, 0.6) is 0 Å². The largest absolute Gasteiger partial charge is 3.00 e. The summed E-state index contributed by atoms with van der Waals surface area (Å²) in [6.45, 7) is 27.1. The standard InChI is InChI=1S/C27H24N.C23H24N.C21H20N.3C11H12N2.3C5H12O2.3Ir/c1-3-7-20(8-4-1)21-11-13-22(14-12-21)24-15-16-26-25(19-24)17-18-28-27(26)23-9-5-2-6-10-23;1-23(2)13-10-17(11-14-23)20-9-8-18-12-15-24-22(21(18)16-20)19-6-4-3-5-7-19;1-3-7-16(8-4-1)19-12-11-17-13-14-22-21(20(17)15-19)18-9-5-2-6-10-18;3*1-10-8-13(9-12(10)2)11-6-4-3-5-7-11;3*1-4(6)3-5(2)7;;;/h2,5-6,9,11-20H,1,3-4,7-8H2;3-6,8-9,12,15-17H,10-11,13-14H2,1-2H3;2,5-6,9,11-16H,1,3-4,7-8H2;3*3-6,8-9H,1-2H3;3*4-7H,3H2,1-2H3;;;/q3*-1;3*-2;;;;3*+3. The molecule has 15 nitrogen and oxygen atoms in total. The van der Waals surface area contributed by atoms with E-state index in [2.05, 4.69) is 261 Å². The number of nitrogens with zero attached hydrogens (tertiary/aromatic N) is 9. The van der Waals surface area contributed by atoms with Gasteiger partial charge in [-0.2, -0.15) is 111 Å². The predicted molar refractivity (Wildman–Crippen MR) is 555 cm³/mol. The maximum Gasteiger partial charge on any atom is 3.00 e. The number of para-hydroxylation sites is 3. The molecule has 0 spiro atoms. The molecule has 3 aliphatic carbocycles. The fourth-order valence-electron chi connectivity index (χ4n) is 17.4. The maximum absolute atomic E-state index is 8.56. The van der Waals surface area contributed by atoms with Crippen LogP contribution >= 0.6 is 0 Å². The SMILES string of the molecule is CC(O)CC(C)O.CC(O)CC(C)O.CC(O)CC(C)O.CC1(C)CCC(c2ccc3ccnc(-c4[c-]cccc4)c3c2)CC1.CC1=CN(c2[c-]cccc2)[CH-]N1C.CC1=CN(c2[c-]cccc2)[CH-]N1C.CC1=CN(c2[c-]cccc2)[CH-]N1C.[Ir+3].[Ir+3].[Ir+3].[c-]1ccccc1-c1nccc2cc(-c3ccc(C4CCCCC4)cc3)ccc12.[c-]1ccccc1-c1nccc2ccc(C3CCCCC3)cc12. The third kappa shape index (κ3) is 35.8. The van der Waals surface area contributed by atoms with Crippen LogP contribution in [0, 0.1) is 61.8 Å². The second-order valence-corrected chi connectivity index (χ2v) is 37.2. The summed E-state index contributed by atoms with van der Waals surface area (Å²) in [5, 5.41) is 58.8. The van der Waals surface area contributed by atoms with E-state index in [1.54, 1.807) is 41.5 Å². The average Bonchev–Trinajstić information content (AvgIpc) is 1.46. The Bertz CT molecular complexity index is 5520. The van der Waals surface area contributed by atoms with Crippen molar-refractivity contribution in [2.24, 2.45) is 5.41 Å². The van der Waals surface area contributed by atoms with Crippen LogP contribution in [0.15, 0.2) is 297 Å². The minimum Gasteiger partial charge on any atom is -0.508 e. The number of hydrogen-bond donors (Lipinski definition) is 6. The van der Waals surface area contributed by atoms with Crippen molar-refractivity contribution in [2.75, 3.05) is 35.8 Å². The molecule has 0 amide bonds. The van der Waals surface area contributed by atoms with E-state index in [0.717, 1.165) is 62.7 Å². The van der Waals surface area contributed by atoms with Gasteiger partial charge < -0.3 is 75.0 Å². The molecule has 3 aromatic heterocycles. The first kappa shape index (κ1) is 112. The fraction of sp³-hybridized carbons (Fsp3) is 0.345. The number of anilines is 3. The molecule has 10 aromatic carbocycles. The van der Waals surface area contributed by atoms with Crippen molar-refractivity contribution >= 4 is 49.4 Å². The number of pyridine rings is 3. The Morgan fingerprint density at radius 3 is 0.927 bits per heavy atom. The van der Waals surface area contributed by atoms with Crippen LogP contribution in [0.2, 0.25) is 0 Å². The molecule has 3 fully saturated rings. The number of hydrogen-bond acceptors (Lipinski definition) is 15. The summed E-state index contributed by atoms with van der Waals surface area (Å²) in [7, 11) is 6.11. The molecular formula is C119H140Ir3N9O6. The van der Waals surface area contributed by atoms with Crippen LogP contribution < -0.4 is 14.7 Å². The Hall–Kier alpha value is -9.84. The summed E-state index contributed by atoms with van der Waals surface area (Å²) < 4.78 is 0. The van der Waals surface area contributed by atoms with Crippen molar-refractivity contribution in [3.8, 4) is 44.9 Å². The summed E-state index contributed by atoms with van der Waals surface area (Å²) in [6, 6.07) is 104. The molecule has 0 radical (unpaired) electrons. The second kappa shape index (κ2) is 57.6. The summed E-state index contributed by atoms with van der Waals surface area (Å²) in [4.78, 5) is 26.3. The number of aliphatic hydroxyl groups is 6. The zero-order valence-electron chi connectivity index (χ0n) is 82.2. The number of rotatable bonds is 16. The van der Waals surface area contributed by atoms with Crippen molar-refractivity contribution in [1.82, 2.24) is 29.7 Å². The van der Waals surface area contributed by atoms with Gasteiger partial charge in [-0.15, -0.1) is 125 Å². The van der Waals surface area contributed by atoms with E-state index >= 15 is 0 Å². The van der Waals surface area contributed by atoms with E-state index in [1.807, 2.05) is 175 Å². The van der Waals surface area contributed by atoms with Crippen molar-refractivity contribution in [1.29, 1.82) is 0 Å². The predicted octanol–water partition coefficient (Wildman–Crippen LogP) is 26.6. The smallest absolute Gasteiger partial charge is 0.508 e. The third-order valence-corrected chi connectivity index (χ3v) is 24.9. The molecule has 3 aliphatic heterocycles. The first-order valence-electron chi connectivity index (χ1n) is 47.9. The third-order valence-electron chi connectivity index (χ3n) is 24.9. The van der Waals surface area contributed by atoms with Crippen molar-refractivity contribution in [3.05, 3.63) is 370 Å². The molecule has 6 N–H and O–H groups in total. The van der Waals surface area contributed by atoms with Crippen LogP contribution in [-0.2, 0) is 60.3 Å². The fourth-order valence-corrected chi connectivity index (χ4v) is 17.4. The molecule has 137 heavy (non-hydrogen) atoms. The molecule has 6 heterocycles. The molecule has 0 saturated heterocycles. The Morgan fingerprint density at radius 2 is 0.628 bits per heavy atom. The van der Waals surface area contributed by atoms with Crippen molar-refractivity contribution in [2.45, 2.75) is 240 Å². The minimum absolute atomic E-state index is 0. The Kier molecular flexibility index (Phi) is 47.3. The molecule has 18 heteroatoms. The van der Waals surface area contributed by atoms with Gasteiger partial charge in [0.1, 0.15) is 0 Å².